The number of H-pyrrole nitrogens is 1. The van der Waals surface area contributed by atoms with Gasteiger partial charge in [0.2, 0.25) is 0 Å². The first kappa shape index (κ1) is 40.0. The van der Waals surface area contributed by atoms with E-state index in [1.807, 2.05) is 4.98 Å². The van der Waals surface area contributed by atoms with Gasteiger partial charge >= 0.3 is 13.5 Å². The largest absolute Gasteiger partial charge is 0.475 e. The number of alkyl halides is 1. The molecule has 0 radical (unpaired) electrons. The fourth-order valence-electron chi connectivity index (χ4n) is 4.35. The second-order valence-electron chi connectivity index (χ2n) is 13.1. The molecule has 1 saturated heterocycles. The third-order valence-corrected chi connectivity index (χ3v) is 11.1. The predicted molar refractivity (Wildman–Crippen MR) is 171 cm³/mol. The SMILES string of the molecule is CC(C)(C)C(=O)SCCOCCOP(=O)(OCCOCCSC(=O)C(C)(C)C)OC1[C@]2(O)[C@@](C)(O)[C@H](n3ccc(=O)[nH]c3=O)O[C@]12F. The summed E-state index contributed by atoms with van der Waals surface area (Å²) in [6.07, 6.45) is -2.91. The summed E-state index contributed by atoms with van der Waals surface area (Å²) in [6, 6.07) is 0.940. The number of ether oxygens (including phenoxy) is 3. The fourth-order valence-corrected chi connectivity index (χ4v) is 7.32. The van der Waals surface area contributed by atoms with Crippen LogP contribution in [0.5, 0.6) is 0 Å². The van der Waals surface area contributed by atoms with E-state index in [0.717, 1.165) is 42.7 Å². The molecule has 0 spiro atoms. The number of carbonyl (C=O) groups excluding carboxylic acids is 2. The van der Waals surface area contributed by atoms with E-state index in [-0.39, 0.29) is 49.9 Å². The Morgan fingerprint density at radius 3 is 1.85 bits per heavy atom. The zero-order valence-electron chi connectivity index (χ0n) is 27.4. The summed E-state index contributed by atoms with van der Waals surface area (Å²) in [5, 5.41) is 22.3. The van der Waals surface area contributed by atoms with Crippen LogP contribution in [0.1, 0.15) is 54.7 Å². The number of phosphoric acid groups is 1. The molecule has 15 nitrogen and oxygen atoms in total. The molecular formula is C28H44FN2O13PS2. The van der Waals surface area contributed by atoms with E-state index in [9.17, 15) is 34.0 Å². The predicted octanol–water partition coefficient (Wildman–Crippen LogP) is 2.40. The van der Waals surface area contributed by atoms with Crippen molar-refractivity contribution in [1.82, 2.24) is 9.55 Å². The maximum absolute atomic E-state index is 16.0. The summed E-state index contributed by atoms with van der Waals surface area (Å²) in [6.45, 7) is 11.2. The van der Waals surface area contributed by atoms with Crippen molar-refractivity contribution in [3.8, 4) is 0 Å². The smallest absolute Gasteiger partial charge is 0.382 e. The number of thioether (sulfide) groups is 2. The molecule has 1 aliphatic heterocycles. The van der Waals surface area contributed by atoms with E-state index in [2.05, 4.69) is 0 Å². The van der Waals surface area contributed by atoms with Gasteiger partial charge in [-0.2, -0.15) is 0 Å². The normalized spacial score (nSPS) is 27.5. The van der Waals surface area contributed by atoms with Crippen LogP contribution in [0.2, 0.25) is 0 Å². The molecule has 2 heterocycles. The van der Waals surface area contributed by atoms with Crippen LogP contribution in [0.3, 0.4) is 0 Å². The highest BCUT2D eigenvalue weighted by molar-refractivity contribution is 8.14. The summed E-state index contributed by atoms with van der Waals surface area (Å²) in [7, 11) is -4.69. The maximum atomic E-state index is 16.0. The van der Waals surface area contributed by atoms with Crippen molar-refractivity contribution in [2.24, 2.45) is 10.8 Å². The van der Waals surface area contributed by atoms with E-state index in [0.29, 0.717) is 16.1 Å². The van der Waals surface area contributed by atoms with Crippen LogP contribution in [0.15, 0.2) is 21.9 Å². The molecule has 1 saturated carbocycles. The Labute approximate surface area is 280 Å². The van der Waals surface area contributed by atoms with Gasteiger partial charge in [0, 0.05) is 34.6 Å². The number of hydrogen-bond acceptors (Lipinski definition) is 15. The number of aliphatic hydroxyl groups is 2. The van der Waals surface area contributed by atoms with E-state index >= 15 is 4.39 Å². The lowest BCUT2D eigenvalue weighted by Crippen LogP contribution is -2.51. The molecule has 1 aromatic rings. The van der Waals surface area contributed by atoms with Crippen LogP contribution in [0, 0.1) is 10.8 Å². The lowest BCUT2D eigenvalue weighted by atomic mass is 9.95. The zero-order valence-corrected chi connectivity index (χ0v) is 30.0. The molecule has 2 fully saturated rings. The summed E-state index contributed by atoms with van der Waals surface area (Å²) >= 11 is 2.21. The van der Waals surface area contributed by atoms with E-state index in [1.54, 1.807) is 41.5 Å². The van der Waals surface area contributed by atoms with Gasteiger partial charge in [-0.1, -0.05) is 65.1 Å². The van der Waals surface area contributed by atoms with Crippen molar-refractivity contribution in [1.29, 1.82) is 0 Å². The van der Waals surface area contributed by atoms with Crippen molar-refractivity contribution >= 4 is 41.6 Å². The Morgan fingerprint density at radius 2 is 1.45 bits per heavy atom. The minimum atomic E-state index is -4.69. The molecule has 268 valence electrons. The average Bonchev–Trinajstić information content (AvgIpc) is 3.35. The van der Waals surface area contributed by atoms with Gasteiger partial charge in [-0.15, -0.1) is 0 Å². The molecule has 5 atom stereocenters. The quantitative estimate of drug-likeness (QED) is 0.156. The Morgan fingerprint density at radius 1 is 0.957 bits per heavy atom. The molecule has 1 aromatic heterocycles. The van der Waals surface area contributed by atoms with Crippen LogP contribution >= 0.6 is 31.3 Å². The first-order valence-corrected chi connectivity index (χ1v) is 18.2. The Bertz CT molecular complexity index is 1400. The molecule has 3 N–H and O–H groups in total. The number of phosphoric ester groups is 1. The highest BCUT2D eigenvalue weighted by Gasteiger charge is 2.95. The lowest BCUT2D eigenvalue weighted by Gasteiger charge is -2.32. The van der Waals surface area contributed by atoms with Gasteiger partial charge in [-0.05, 0) is 6.92 Å². The van der Waals surface area contributed by atoms with E-state index in [4.69, 9.17) is 27.8 Å². The minimum Gasteiger partial charge on any atom is -0.382 e. The van der Waals surface area contributed by atoms with Gasteiger partial charge in [0.25, 0.3) is 11.4 Å². The van der Waals surface area contributed by atoms with Gasteiger partial charge in [0.1, 0.15) is 5.60 Å². The van der Waals surface area contributed by atoms with Gasteiger partial charge in [0.05, 0.1) is 39.6 Å². The van der Waals surface area contributed by atoms with Gasteiger partial charge < -0.3 is 24.4 Å². The molecule has 2 aliphatic rings. The topological polar surface area (TPSA) is 202 Å². The van der Waals surface area contributed by atoms with Crippen LogP contribution < -0.4 is 11.2 Å². The summed E-state index contributed by atoms with van der Waals surface area (Å²) < 4.78 is 62.4. The molecule has 0 aromatic carbocycles. The summed E-state index contributed by atoms with van der Waals surface area (Å²) in [4.78, 5) is 49.7. The van der Waals surface area contributed by atoms with Crippen molar-refractivity contribution in [3.63, 3.8) is 0 Å². The molecule has 0 amide bonds. The first-order valence-electron chi connectivity index (χ1n) is 14.8. The molecular weight excluding hydrogens is 686 g/mol. The Kier molecular flexibility index (Phi) is 12.9. The van der Waals surface area contributed by atoms with Gasteiger partial charge in [0.15, 0.2) is 28.2 Å². The number of nitrogens with one attached hydrogen (secondary N) is 1. The van der Waals surface area contributed by atoms with Crippen LogP contribution in [-0.4, -0.2) is 104 Å². The van der Waals surface area contributed by atoms with Crippen molar-refractivity contribution < 1.29 is 56.5 Å². The monoisotopic (exact) mass is 730 g/mol. The number of fused-ring (bicyclic) bond motifs is 1. The highest BCUT2D eigenvalue weighted by Crippen LogP contribution is 2.72. The van der Waals surface area contributed by atoms with E-state index in [1.165, 1.54) is 0 Å². The number of hydrogen-bond donors (Lipinski definition) is 3. The second kappa shape index (κ2) is 15.2. The number of aromatic nitrogens is 2. The standard InChI is InChI=1S/C28H44FN2O13PS2/c1-24(2,3)21(33)46-16-14-39-10-12-41-45(38,42-13-11-40-15-17-47-22(34)25(4,5)6)44-19-27(37)26(7,36)20(43-28(19,27)29)31-9-8-18(32)30-23(31)35/h8-9,19-20,36-37H,10-17H2,1-7H3,(H,30,32,35)/t19?,20-,26+,27+,28-/m1/s1. The molecule has 3 rings (SSSR count). The van der Waals surface area contributed by atoms with Crippen LogP contribution in [0.4, 0.5) is 4.39 Å². The molecule has 47 heavy (non-hydrogen) atoms. The summed E-state index contributed by atoms with van der Waals surface area (Å²) in [5.41, 5.74) is -8.16. The fraction of sp³-hybridized carbons (Fsp3) is 0.786. The molecule has 1 unspecified atom stereocenters. The molecule has 19 heteroatoms. The Hall–Kier alpha value is -1.44. The number of nitrogens with zero attached hydrogens (tertiary/aromatic N) is 1. The lowest BCUT2D eigenvalue weighted by molar-refractivity contribution is -0.182. The minimum absolute atomic E-state index is 0.0101. The molecule has 1 aliphatic carbocycles. The van der Waals surface area contributed by atoms with Gasteiger partial charge in [-0.25, -0.2) is 13.8 Å². The van der Waals surface area contributed by atoms with Crippen molar-refractivity contribution in [2.75, 3.05) is 51.1 Å². The third-order valence-electron chi connectivity index (χ3n) is 7.13. The Balaban J connectivity index is 1.60. The number of halogens is 1. The van der Waals surface area contributed by atoms with Gasteiger partial charge in [-0.3, -0.25) is 37.5 Å². The summed E-state index contributed by atoms with van der Waals surface area (Å²) in [5.74, 6) is -2.42. The molecule has 0 bridgehead atoms. The van der Waals surface area contributed by atoms with Crippen molar-refractivity contribution in [3.05, 3.63) is 33.1 Å². The van der Waals surface area contributed by atoms with Crippen molar-refractivity contribution in [2.45, 2.75) is 77.9 Å². The average molecular weight is 731 g/mol. The van der Waals surface area contributed by atoms with E-state index < -0.39 is 59.3 Å². The number of carbonyl (C=O) groups is 2. The van der Waals surface area contributed by atoms with Crippen LogP contribution in [0.25, 0.3) is 0 Å². The second-order valence-corrected chi connectivity index (χ2v) is 16.9. The number of rotatable bonds is 17. The number of aromatic amines is 1. The maximum Gasteiger partial charge on any atom is 0.475 e. The zero-order chi connectivity index (χ0) is 35.5. The highest BCUT2D eigenvalue weighted by atomic mass is 32.2. The third kappa shape index (κ3) is 9.22. The van der Waals surface area contributed by atoms with Crippen LogP contribution in [-0.2, 0) is 41.9 Å². The first-order chi connectivity index (χ1) is 21.6.